The third kappa shape index (κ3) is 3.89. The molecule has 0 aliphatic rings. The van der Waals surface area contributed by atoms with Gasteiger partial charge in [0.25, 0.3) is 0 Å². The highest BCUT2D eigenvalue weighted by atomic mass is 127. The third-order valence-electron chi connectivity index (χ3n) is 4.20. The molecule has 3 rings (SSSR count). The van der Waals surface area contributed by atoms with Gasteiger partial charge in [-0.15, -0.1) is 0 Å². The van der Waals surface area contributed by atoms with Crippen molar-refractivity contribution in [2.75, 3.05) is 0 Å². The summed E-state index contributed by atoms with van der Waals surface area (Å²) in [4.78, 5) is 4.40. The number of rotatable bonds is 5. The van der Waals surface area contributed by atoms with E-state index in [1.165, 1.54) is 16.9 Å². The zero-order valence-electron chi connectivity index (χ0n) is 15.1. The van der Waals surface area contributed by atoms with Crippen LogP contribution in [0.3, 0.4) is 0 Å². The fourth-order valence-electron chi connectivity index (χ4n) is 2.96. The average molecular weight is 527 g/mol. The maximum Gasteiger partial charge on any atom is 0.416 e. The number of nitrogens with zero attached hydrogens (tertiary/aromatic N) is 4. The molecule has 12 heteroatoms. The van der Waals surface area contributed by atoms with Gasteiger partial charge in [0.05, 0.1) is 32.9 Å². The molecule has 0 spiro atoms. The molecule has 0 aliphatic heterocycles. The monoisotopic (exact) mass is 527 g/mol. The van der Waals surface area contributed by atoms with E-state index >= 15 is 0 Å². The van der Waals surface area contributed by atoms with Gasteiger partial charge in [-0.25, -0.2) is 18.1 Å². The Bertz CT molecular complexity index is 1140. The number of sulfonamides is 1. The Kier molecular flexibility index (Phi) is 5.49. The average Bonchev–Trinajstić information content (AvgIpc) is 3.12. The van der Waals surface area contributed by atoms with Crippen LogP contribution in [-0.4, -0.2) is 27.7 Å². The molecule has 7 nitrogen and oxygen atoms in total. The second kappa shape index (κ2) is 7.30. The zero-order chi connectivity index (χ0) is 20.9. The van der Waals surface area contributed by atoms with E-state index in [0.717, 1.165) is 12.1 Å². The summed E-state index contributed by atoms with van der Waals surface area (Å²) in [6, 6.07) is 2.51. The number of fused-ring (bicyclic) bond motifs is 1. The van der Waals surface area contributed by atoms with E-state index in [1.807, 2.05) is 22.6 Å². The van der Waals surface area contributed by atoms with Gasteiger partial charge in [-0.3, -0.25) is 4.68 Å². The number of aryl methyl sites for hydroxylation is 2. The second-order valence-corrected chi connectivity index (χ2v) is 8.68. The number of hydrogen-bond acceptors (Lipinski definition) is 4. The standard InChI is InChI=1S/C16H17F3IN5O2S/c1-9-14(7-24(3)22-9)28(26,27)23-10(2)15-21-12-5-4-11(16(17,18)19)6-13(12)25(15)8-20/h4-7,10,23H,8H2,1-3H3/t10-/m1/s1. The van der Waals surface area contributed by atoms with Crippen LogP contribution in [0.4, 0.5) is 13.2 Å². The summed E-state index contributed by atoms with van der Waals surface area (Å²) < 4.78 is 70.3. The molecule has 28 heavy (non-hydrogen) atoms. The van der Waals surface area contributed by atoms with Crippen molar-refractivity contribution < 1.29 is 21.6 Å². The lowest BCUT2D eigenvalue weighted by Gasteiger charge is -2.15. The summed E-state index contributed by atoms with van der Waals surface area (Å²) in [5.74, 6) is 0.328. The quantitative estimate of drug-likeness (QED) is 0.407. The predicted molar refractivity (Wildman–Crippen MR) is 105 cm³/mol. The van der Waals surface area contributed by atoms with Gasteiger partial charge in [-0.1, -0.05) is 22.6 Å². The van der Waals surface area contributed by atoms with E-state index in [0.29, 0.717) is 27.1 Å². The maximum atomic E-state index is 13.0. The first-order valence-corrected chi connectivity index (χ1v) is 11.1. The summed E-state index contributed by atoms with van der Waals surface area (Å²) >= 11 is 2.00. The van der Waals surface area contributed by atoms with E-state index in [2.05, 4.69) is 14.8 Å². The Morgan fingerprint density at radius 1 is 1.32 bits per heavy atom. The molecule has 0 amide bonds. The maximum absolute atomic E-state index is 13.0. The van der Waals surface area contributed by atoms with Crippen molar-refractivity contribution in [3.8, 4) is 0 Å². The van der Waals surface area contributed by atoms with Crippen molar-refractivity contribution in [1.29, 1.82) is 0 Å². The van der Waals surface area contributed by atoms with E-state index in [4.69, 9.17) is 0 Å². The number of hydrogen-bond donors (Lipinski definition) is 1. The van der Waals surface area contributed by atoms with Crippen molar-refractivity contribution in [3.05, 3.63) is 41.5 Å². The van der Waals surface area contributed by atoms with E-state index in [9.17, 15) is 21.6 Å². The summed E-state index contributed by atoms with van der Waals surface area (Å²) in [6.07, 6.45) is -3.08. The highest BCUT2D eigenvalue weighted by molar-refractivity contribution is 14.1. The molecule has 1 N–H and O–H groups in total. The fraction of sp³-hybridized carbons (Fsp3) is 0.375. The van der Waals surface area contributed by atoms with Crippen LogP contribution in [0.2, 0.25) is 0 Å². The first-order valence-electron chi connectivity index (χ1n) is 8.10. The molecule has 0 unspecified atom stereocenters. The topological polar surface area (TPSA) is 81.8 Å². The van der Waals surface area contributed by atoms with Crippen LogP contribution in [0.5, 0.6) is 0 Å². The first kappa shape index (κ1) is 21.0. The highest BCUT2D eigenvalue weighted by Gasteiger charge is 2.32. The second-order valence-electron chi connectivity index (χ2n) is 6.31. The van der Waals surface area contributed by atoms with Gasteiger partial charge in [-0.05, 0) is 32.0 Å². The van der Waals surface area contributed by atoms with Crippen molar-refractivity contribution in [3.63, 3.8) is 0 Å². The summed E-state index contributed by atoms with van der Waals surface area (Å²) in [7, 11) is -2.27. The highest BCUT2D eigenvalue weighted by Crippen LogP contribution is 2.32. The molecular formula is C16H17F3IN5O2S. The molecule has 2 aromatic heterocycles. The molecule has 2 heterocycles. The lowest BCUT2D eigenvalue weighted by Crippen LogP contribution is -2.29. The Hall–Kier alpha value is -1.67. The summed E-state index contributed by atoms with van der Waals surface area (Å²) in [5, 5.41) is 4.03. The van der Waals surface area contributed by atoms with Gasteiger partial charge in [0, 0.05) is 13.2 Å². The van der Waals surface area contributed by atoms with Gasteiger partial charge in [0.1, 0.15) is 10.7 Å². The number of alkyl halides is 4. The Morgan fingerprint density at radius 2 is 2.00 bits per heavy atom. The smallest absolute Gasteiger partial charge is 0.317 e. The minimum atomic E-state index is -4.47. The SMILES string of the molecule is Cc1nn(C)cc1S(=O)(=O)N[C@H](C)c1nc2ccc(C(F)(F)F)cc2n1CI. The van der Waals surface area contributed by atoms with E-state index < -0.39 is 27.8 Å². The number of halogens is 4. The van der Waals surface area contributed by atoms with Crippen LogP contribution in [0, 0.1) is 6.92 Å². The molecule has 0 fully saturated rings. The van der Waals surface area contributed by atoms with E-state index in [-0.39, 0.29) is 4.90 Å². The van der Waals surface area contributed by atoms with Crippen LogP contribution in [0.1, 0.15) is 30.0 Å². The van der Waals surface area contributed by atoms with E-state index in [1.54, 1.807) is 25.5 Å². The largest absolute Gasteiger partial charge is 0.416 e. The Balaban J connectivity index is 2.02. The van der Waals surface area contributed by atoms with Crippen LogP contribution in [0.25, 0.3) is 11.0 Å². The fourth-order valence-corrected chi connectivity index (χ4v) is 5.10. The third-order valence-corrected chi connectivity index (χ3v) is 6.53. The lowest BCUT2D eigenvalue weighted by atomic mass is 10.2. The predicted octanol–water partition coefficient (Wildman–Crippen LogP) is 3.53. The molecule has 1 atom stereocenters. The Labute approximate surface area is 173 Å². The van der Waals surface area contributed by atoms with Gasteiger partial charge in [0.15, 0.2) is 0 Å². The first-order chi connectivity index (χ1) is 12.9. The number of imidazole rings is 1. The molecule has 3 aromatic rings. The van der Waals surface area contributed by atoms with Gasteiger partial charge < -0.3 is 4.57 Å². The Morgan fingerprint density at radius 3 is 2.54 bits per heavy atom. The molecule has 152 valence electrons. The van der Waals surface area contributed by atoms with Crippen molar-refractivity contribution in [2.24, 2.45) is 7.05 Å². The normalized spacial score (nSPS) is 14.0. The number of benzene rings is 1. The molecule has 0 aliphatic carbocycles. The van der Waals surface area contributed by atoms with Gasteiger partial charge >= 0.3 is 6.18 Å². The molecular weight excluding hydrogens is 510 g/mol. The minimum absolute atomic E-state index is 0.0401. The van der Waals surface area contributed by atoms with Crippen molar-refractivity contribution in [1.82, 2.24) is 24.1 Å². The minimum Gasteiger partial charge on any atom is -0.317 e. The van der Waals surface area contributed by atoms with Crippen LogP contribution >= 0.6 is 22.6 Å². The van der Waals surface area contributed by atoms with Crippen LogP contribution < -0.4 is 4.72 Å². The van der Waals surface area contributed by atoms with Crippen molar-refractivity contribution in [2.45, 2.75) is 35.5 Å². The summed E-state index contributed by atoms with van der Waals surface area (Å²) in [6.45, 7) is 3.18. The molecule has 0 saturated heterocycles. The number of nitrogens with one attached hydrogen (secondary N) is 1. The number of aromatic nitrogens is 4. The van der Waals surface area contributed by atoms with Gasteiger partial charge in [0.2, 0.25) is 10.0 Å². The summed E-state index contributed by atoms with van der Waals surface area (Å²) in [5.41, 5.74) is 0.224. The zero-order valence-corrected chi connectivity index (χ0v) is 18.1. The molecule has 0 bridgehead atoms. The van der Waals surface area contributed by atoms with Crippen LogP contribution in [-0.2, 0) is 27.8 Å². The van der Waals surface area contributed by atoms with Crippen molar-refractivity contribution >= 4 is 43.6 Å². The molecule has 1 aromatic carbocycles. The van der Waals surface area contributed by atoms with Gasteiger partial charge in [-0.2, -0.15) is 18.3 Å². The molecule has 0 radical (unpaired) electrons. The van der Waals surface area contributed by atoms with Crippen LogP contribution in [0.15, 0.2) is 29.3 Å². The lowest BCUT2D eigenvalue weighted by molar-refractivity contribution is -0.137. The molecule has 0 saturated carbocycles.